The molecular formula is C21H21Cl2N3O2S. The fourth-order valence-corrected chi connectivity index (χ4v) is 4.85. The predicted molar refractivity (Wildman–Crippen MR) is 116 cm³/mol. The highest BCUT2D eigenvalue weighted by Gasteiger charge is 2.21. The SMILES string of the molecule is CC(C)c1nc(CCC(=O)O)n(Cc2ccncc2)c1Sc1cc(Cl)cc(Cl)c1. The second-order valence-electron chi connectivity index (χ2n) is 6.92. The van der Waals surface area contributed by atoms with Crippen molar-refractivity contribution >= 4 is 40.9 Å². The molecule has 3 rings (SSSR count). The van der Waals surface area contributed by atoms with Gasteiger partial charge < -0.3 is 9.67 Å². The van der Waals surface area contributed by atoms with Crippen molar-refractivity contribution in [1.29, 1.82) is 0 Å². The van der Waals surface area contributed by atoms with Crippen LogP contribution in [-0.4, -0.2) is 25.6 Å². The number of pyridine rings is 1. The van der Waals surface area contributed by atoms with E-state index in [-0.39, 0.29) is 12.3 Å². The molecule has 0 aliphatic carbocycles. The van der Waals surface area contributed by atoms with Crippen molar-refractivity contribution < 1.29 is 9.90 Å². The lowest BCUT2D eigenvalue weighted by atomic mass is 10.1. The Hall–Kier alpha value is -2.02. The van der Waals surface area contributed by atoms with Gasteiger partial charge in [0.15, 0.2) is 0 Å². The van der Waals surface area contributed by atoms with Gasteiger partial charge in [-0.25, -0.2) is 4.98 Å². The number of rotatable bonds is 8. The molecule has 0 atom stereocenters. The highest BCUT2D eigenvalue weighted by molar-refractivity contribution is 7.99. The summed E-state index contributed by atoms with van der Waals surface area (Å²) in [5.41, 5.74) is 2.00. The van der Waals surface area contributed by atoms with Crippen molar-refractivity contribution in [3.63, 3.8) is 0 Å². The van der Waals surface area contributed by atoms with Crippen LogP contribution < -0.4 is 0 Å². The van der Waals surface area contributed by atoms with Crippen molar-refractivity contribution in [2.75, 3.05) is 0 Å². The molecule has 0 aliphatic rings. The molecule has 0 saturated heterocycles. The molecule has 2 heterocycles. The number of hydrogen-bond donors (Lipinski definition) is 1. The molecule has 0 amide bonds. The summed E-state index contributed by atoms with van der Waals surface area (Å²) < 4.78 is 2.09. The van der Waals surface area contributed by atoms with Crippen LogP contribution in [0.3, 0.4) is 0 Å². The van der Waals surface area contributed by atoms with Crippen molar-refractivity contribution in [2.24, 2.45) is 0 Å². The zero-order chi connectivity index (χ0) is 21.0. The van der Waals surface area contributed by atoms with Crippen molar-refractivity contribution in [2.45, 2.75) is 49.1 Å². The van der Waals surface area contributed by atoms with Gasteiger partial charge in [-0.15, -0.1) is 0 Å². The maximum Gasteiger partial charge on any atom is 0.303 e. The number of nitrogens with zero attached hydrogens (tertiary/aromatic N) is 3. The van der Waals surface area contributed by atoms with Gasteiger partial charge >= 0.3 is 5.97 Å². The predicted octanol–water partition coefficient (Wildman–Crippen LogP) is 5.93. The van der Waals surface area contributed by atoms with Crippen LogP contribution in [0.15, 0.2) is 52.6 Å². The summed E-state index contributed by atoms with van der Waals surface area (Å²) in [6, 6.07) is 9.32. The lowest BCUT2D eigenvalue weighted by Gasteiger charge is -2.14. The van der Waals surface area contributed by atoms with Gasteiger partial charge in [0.25, 0.3) is 0 Å². The van der Waals surface area contributed by atoms with Gasteiger partial charge in [-0.3, -0.25) is 9.78 Å². The first-order valence-corrected chi connectivity index (χ1v) is 10.7. The average Bonchev–Trinajstić information content (AvgIpc) is 2.97. The molecule has 3 aromatic rings. The van der Waals surface area contributed by atoms with Gasteiger partial charge in [0.05, 0.1) is 12.1 Å². The Morgan fingerprint density at radius 3 is 2.41 bits per heavy atom. The number of aromatic nitrogens is 3. The number of aryl methyl sites for hydroxylation is 1. The van der Waals surface area contributed by atoms with Crippen LogP contribution >= 0.6 is 35.0 Å². The van der Waals surface area contributed by atoms with E-state index in [0.29, 0.717) is 23.0 Å². The minimum absolute atomic E-state index is 0.0258. The van der Waals surface area contributed by atoms with Gasteiger partial charge in [-0.05, 0) is 41.8 Å². The molecule has 1 aromatic carbocycles. The molecule has 29 heavy (non-hydrogen) atoms. The molecule has 0 fully saturated rings. The third kappa shape index (κ3) is 5.75. The Labute approximate surface area is 184 Å². The van der Waals surface area contributed by atoms with E-state index in [1.165, 1.54) is 0 Å². The van der Waals surface area contributed by atoms with Crippen LogP contribution in [0.2, 0.25) is 10.0 Å². The van der Waals surface area contributed by atoms with Crippen molar-refractivity contribution in [3.05, 3.63) is 69.9 Å². The number of carbonyl (C=O) groups is 1. The summed E-state index contributed by atoms with van der Waals surface area (Å²) in [6.07, 6.45) is 3.88. The van der Waals surface area contributed by atoms with E-state index < -0.39 is 5.97 Å². The van der Waals surface area contributed by atoms with Crippen LogP contribution in [0.5, 0.6) is 0 Å². The summed E-state index contributed by atoms with van der Waals surface area (Å²) in [4.78, 5) is 21.0. The van der Waals surface area contributed by atoms with Crippen LogP contribution in [0.1, 0.15) is 43.3 Å². The molecular weight excluding hydrogens is 429 g/mol. The van der Waals surface area contributed by atoms with Crippen molar-refractivity contribution in [3.8, 4) is 0 Å². The molecule has 1 N–H and O–H groups in total. The first-order valence-electron chi connectivity index (χ1n) is 9.17. The third-order valence-corrected chi connectivity index (χ3v) is 5.81. The monoisotopic (exact) mass is 449 g/mol. The molecule has 8 heteroatoms. The van der Waals surface area contributed by atoms with Gasteiger partial charge in [-0.2, -0.15) is 0 Å². The van der Waals surface area contributed by atoms with Gasteiger partial charge in [-0.1, -0.05) is 48.8 Å². The van der Waals surface area contributed by atoms with Crippen LogP contribution in [0.4, 0.5) is 0 Å². The highest BCUT2D eigenvalue weighted by atomic mass is 35.5. The summed E-state index contributed by atoms with van der Waals surface area (Å²) >= 11 is 13.9. The number of halogens is 2. The molecule has 2 aromatic heterocycles. The second-order valence-corrected chi connectivity index (χ2v) is 8.85. The van der Waals surface area contributed by atoms with Crippen LogP contribution in [0.25, 0.3) is 0 Å². The van der Waals surface area contributed by atoms with E-state index in [4.69, 9.17) is 33.3 Å². The molecule has 5 nitrogen and oxygen atoms in total. The van der Waals surface area contributed by atoms with Crippen molar-refractivity contribution in [1.82, 2.24) is 14.5 Å². The second kappa shape index (κ2) is 9.65. The summed E-state index contributed by atoms with van der Waals surface area (Å²) in [6.45, 7) is 4.73. The molecule has 0 bridgehead atoms. The topological polar surface area (TPSA) is 68.0 Å². The quantitative estimate of drug-likeness (QED) is 0.461. The Kier molecular flexibility index (Phi) is 7.22. The molecule has 0 saturated carbocycles. The molecule has 0 unspecified atom stereocenters. The van der Waals surface area contributed by atoms with Gasteiger partial charge in [0, 0.05) is 40.3 Å². The fraction of sp³-hybridized carbons (Fsp3) is 0.286. The zero-order valence-corrected chi connectivity index (χ0v) is 18.4. The van der Waals surface area contributed by atoms with E-state index in [1.807, 2.05) is 24.3 Å². The maximum atomic E-state index is 11.2. The standard InChI is InChI=1S/C21H21Cl2N3O2S/c1-13(2)20-21(29-17-10-15(22)9-16(23)11-17)26(12-14-5-7-24-8-6-14)18(25-20)3-4-19(27)28/h5-11,13H,3-4,12H2,1-2H3,(H,27,28). The largest absolute Gasteiger partial charge is 0.481 e. The van der Waals surface area contributed by atoms with E-state index in [9.17, 15) is 4.79 Å². The van der Waals surface area contributed by atoms with Gasteiger partial charge in [0.2, 0.25) is 0 Å². The third-order valence-electron chi connectivity index (χ3n) is 4.28. The first-order chi connectivity index (χ1) is 13.8. The molecule has 152 valence electrons. The van der Waals surface area contributed by atoms with E-state index >= 15 is 0 Å². The Balaban J connectivity index is 2.08. The lowest BCUT2D eigenvalue weighted by Crippen LogP contribution is -2.09. The number of imidazole rings is 1. The number of benzene rings is 1. The number of aliphatic carboxylic acids is 1. The van der Waals surface area contributed by atoms with E-state index in [2.05, 4.69) is 23.4 Å². The zero-order valence-electron chi connectivity index (χ0n) is 16.1. The first kappa shape index (κ1) is 21.7. The molecule has 0 aliphatic heterocycles. The normalized spacial score (nSPS) is 11.2. The number of carboxylic acids is 1. The number of hydrogen-bond acceptors (Lipinski definition) is 4. The Bertz CT molecular complexity index is 986. The number of carboxylic acid groups (broad SMARTS) is 1. The summed E-state index contributed by atoms with van der Waals surface area (Å²) in [7, 11) is 0. The highest BCUT2D eigenvalue weighted by Crippen LogP contribution is 2.37. The van der Waals surface area contributed by atoms with E-state index in [0.717, 1.165) is 27.0 Å². The average molecular weight is 450 g/mol. The van der Waals surface area contributed by atoms with Crippen LogP contribution in [0, 0.1) is 0 Å². The Morgan fingerprint density at radius 1 is 1.17 bits per heavy atom. The van der Waals surface area contributed by atoms with Crippen LogP contribution in [-0.2, 0) is 17.8 Å². The minimum Gasteiger partial charge on any atom is -0.481 e. The molecule has 0 spiro atoms. The van der Waals surface area contributed by atoms with E-state index in [1.54, 1.807) is 30.2 Å². The summed E-state index contributed by atoms with van der Waals surface area (Å²) in [5, 5.41) is 11.3. The minimum atomic E-state index is -0.842. The smallest absolute Gasteiger partial charge is 0.303 e. The molecule has 0 radical (unpaired) electrons. The maximum absolute atomic E-state index is 11.2. The fourth-order valence-electron chi connectivity index (χ4n) is 2.93. The van der Waals surface area contributed by atoms with Gasteiger partial charge in [0.1, 0.15) is 10.9 Å². The summed E-state index contributed by atoms with van der Waals surface area (Å²) in [5.74, 6) is 0.0864. The Morgan fingerprint density at radius 2 is 1.83 bits per heavy atom. The lowest BCUT2D eigenvalue weighted by molar-refractivity contribution is -0.137.